The van der Waals surface area contributed by atoms with E-state index in [0.29, 0.717) is 0 Å². The van der Waals surface area contributed by atoms with Crippen LogP contribution < -0.4 is 5.32 Å². The van der Waals surface area contributed by atoms with Crippen molar-refractivity contribution >= 4 is 0 Å². The fourth-order valence-corrected chi connectivity index (χ4v) is 3.03. The Morgan fingerprint density at radius 1 is 1.00 bits per heavy atom. The maximum absolute atomic E-state index is 3.70. The van der Waals surface area contributed by atoms with E-state index in [1.165, 1.54) is 51.5 Å². The van der Waals surface area contributed by atoms with Crippen LogP contribution in [0, 0.1) is 11.8 Å². The lowest BCUT2D eigenvalue weighted by atomic mass is 9.89. The van der Waals surface area contributed by atoms with E-state index in [0.717, 1.165) is 17.9 Å². The summed E-state index contributed by atoms with van der Waals surface area (Å²) >= 11 is 0. The second-order valence-corrected chi connectivity index (χ2v) is 5.11. The van der Waals surface area contributed by atoms with Crippen molar-refractivity contribution in [3.8, 4) is 0 Å². The molecule has 2 rings (SSSR count). The van der Waals surface area contributed by atoms with Crippen LogP contribution >= 0.6 is 0 Å². The fraction of sp³-hybridized carbons (Fsp3) is 1.00. The van der Waals surface area contributed by atoms with Crippen LogP contribution in [0.4, 0.5) is 0 Å². The zero-order valence-corrected chi connectivity index (χ0v) is 8.89. The average molecular weight is 181 g/mol. The highest BCUT2D eigenvalue weighted by Crippen LogP contribution is 2.30. The first kappa shape index (κ1) is 9.51. The summed E-state index contributed by atoms with van der Waals surface area (Å²) in [5.74, 6) is 1.93. The van der Waals surface area contributed by atoms with Crippen molar-refractivity contribution in [2.45, 2.75) is 57.9 Å². The van der Waals surface area contributed by atoms with Gasteiger partial charge in [-0.1, -0.05) is 32.6 Å². The van der Waals surface area contributed by atoms with Crippen molar-refractivity contribution in [3.05, 3.63) is 0 Å². The molecule has 0 spiro atoms. The van der Waals surface area contributed by atoms with Crippen molar-refractivity contribution < 1.29 is 0 Å². The van der Waals surface area contributed by atoms with Crippen molar-refractivity contribution in [2.75, 3.05) is 6.54 Å². The monoisotopic (exact) mass is 181 g/mol. The summed E-state index contributed by atoms with van der Waals surface area (Å²) in [6.45, 7) is 3.64. The van der Waals surface area contributed by atoms with Gasteiger partial charge in [0.15, 0.2) is 0 Å². The first-order chi connectivity index (χ1) is 6.36. The highest BCUT2D eigenvalue weighted by atomic mass is 15.0. The molecule has 0 amide bonds. The summed E-state index contributed by atoms with van der Waals surface area (Å²) in [5.41, 5.74) is 0. The summed E-state index contributed by atoms with van der Waals surface area (Å²) < 4.78 is 0. The lowest BCUT2D eigenvalue weighted by molar-refractivity contribution is 0.344. The molecule has 2 fully saturated rings. The zero-order valence-electron chi connectivity index (χ0n) is 8.89. The second kappa shape index (κ2) is 4.45. The van der Waals surface area contributed by atoms with Crippen LogP contribution in [0.1, 0.15) is 51.9 Å². The van der Waals surface area contributed by atoms with Gasteiger partial charge in [-0.2, -0.15) is 0 Å². The summed E-state index contributed by atoms with van der Waals surface area (Å²) in [5, 5.41) is 3.70. The molecule has 0 aromatic heterocycles. The van der Waals surface area contributed by atoms with Crippen LogP contribution in [0.3, 0.4) is 0 Å². The average Bonchev–Trinajstić information content (AvgIpc) is 2.43. The highest BCUT2D eigenvalue weighted by Gasteiger charge is 2.28. The maximum Gasteiger partial charge on any atom is 0.00984 e. The predicted molar refractivity (Wildman–Crippen MR) is 56.8 cm³/mol. The molecule has 1 saturated heterocycles. The molecule has 1 heterocycles. The van der Waals surface area contributed by atoms with Gasteiger partial charge in [0, 0.05) is 6.04 Å². The van der Waals surface area contributed by atoms with Crippen molar-refractivity contribution in [2.24, 2.45) is 11.8 Å². The van der Waals surface area contributed by atoms with Gasteiger partial charge in [-0.3, -0.25) is 0 Å². The van der Waals surface area contributed by atoms with E-state index in [9.17, 15) is 0 Å². The lowest BCUT2D eigenvalue weighted by Crippen LogP contribution is -2.30. The molecular formula is C12H23N. The topological polar surface area (TPSA) is 12.0 Å². The number of rotatable bonds is 1. The van der Waals surface area contributed by atoms with Crippen LogP contribution in [0.25, 0.3) is 0 Å². The van der Waals surface area contributed by atoms with E-state index < -0.39 is 0 Å². The van der Waals surface area contributed by atoms with Crippen molar-refractivity contribution in [1.29, 1.82) is 0 Å². The lowest BCUT2D eigenvalue weighted by Gasteiger charge is -2.21. The Bertz CT molecular complexity index is 147. The van der Waals surface area contributed by atoms with Crippen molar-refractivity contribution in [3.63, 3.8) is 0 Å². The van der Waals surface area contributed by atoms with Gasteiger partial charge in [-0.25, -0.2) is 0 Å². The molecule has 0 aromatic carbocycles. The molecule has 1 nitrogen and oxygen atoms in total. The quantitative estimate of drug-likeness (QED) is 0.613. The van der Waals surface area contributed by atoms with E-state index in [4.69, 9.17) is 0 Å². The molecule has 1 saturated carbocycles. The van der Waals surface area contributed by atoms with Gasteiger partial charge < -0.3 is 5.32 Å². The molecule has 1 heteroatoms. The first-order valence-electron chi connectivity index (χ1n) is 6.09. The number of hydrogen-bond donors (Lipinski definition) is 1. The Kier molecular flexibility index (Phi) is 3.26. The highest BCUT2D eigenvalue weighted by molar-refractivity contribution is 4.85. The van der Waals surface area contributed by atoms with Crippen LogP contribution in [0.5, 0.6) is 0 Å². The minimum absolute atomic E-state index is 0.869. The minimum Gasteiger partial charge on any atom is -0.313 e. The second-order valence-electron chi connectivity index (χ2n) is 5.11. The number of nitrogens with one attached hydrogen (secondary N) is 1. The first-order valence-corrected chi connectivity index (χ1v) is 6.09. The third-order valence-corrected chi connectivity index (χ3v) is 3.85. The van der Waals surface area contributed by atoms with E-state index in [-0.39, 0.29) is 0 Å². The SMILES string of the molecule is CC1CNC(C2CCCCCC2)C1. The van der Waals surface area contributed by atoms with Gasteiger partial charge in [-0.15, -0.1) is 0 Å². The molecule has 76 valence electrons. The van der Waals surface area contributed by atoms with E-state index in [1.807, 2.05) is 0 Å². The molecule has 13 heavy (non-hydrogen) atoms. The van der Waals surface area contributed by atoms with Crippen LogP contribution in [-0.4, -0.2) is 12.6 Å². The molecule has 2 atom stereocenters. The van der Waals surface area contributed by atoms with Gasteiger partial charge in [0.2, 0.25) is 0 Å². The zero-order chi connectivity index (χ0) is 9.10. The molecular weight excluding hydrogens is 158 g/mol. The standard InChI is InChI=1S/C12H23N/c1-10-8-12(13-9-10)11-6-4-2-3-5-7-11/h10-13H,2-9H2,1H3. The van der Waals surface area contributed by atoms with Gasteiger partial charge in [0.1, 0.15) is 0 Å². The van der Waals surface area contributed by atoms with Gasteiger partial charge in [0.05, 0.1) is 0 Å². The maximum atomic E-state index is 3.70. The van der Waals surface area contributed by atoms with Crippen LogP contribution in [0.15, 0.2) is 0 Å². The van der Waals surface area contributed by atoms with Gasteiger partial charge in [0.25, 0.3) is 0 Å². The van der Waals surface area contributed by atoms with Crippen LogP contribution in [-0.2, 0) is 0 Å². The van der Waals surface area contributed by atoms with E-state index >= 15 is 0 Å². The molecule has 1 aliphatic carbocycles. The minimum atomic E-state index is 0.869. The molecule has 2 unspecified atom stereocenters. The Labute approximate surface area is 82.3 Å². The number of hydrogen-bond acceptors (Lipinski definition) is 1. The molecule has 1 N–H and O–H groups in total. The Morgan fingerprint density at radius 2 is 1.69 bits per heavy atom. The summed E-state index contributed by atoms with van der Waals surface area (Å²) in [4.78, 5) is 0. The fourth-order valence-electron chi connectivity index (χ4n) is 3.03. The Hall–Kier alpha value is -0.0400. The molecule has 0 aromatic rings. The third kappa shape index (κ3) is 2.46. The van der Waals surface area contributed by atoms with Crippen LogP contribution in [0.2, 0.25) is 0 Å². The smallest absolute Gasteiger partial charge is 0.00984 e. The molecule has 2 aliphatic rings. The molecule has 1 aliphatic heterocycles. The van der Waals surface area contributed by atoms with Gasteiger partial charge >= 0.3 is 0 Å². The van der Waals surface area contributed by atoms with Gasteiger partial charge in [-0.05, 0) is 37.6 Å². The molecule has 0 radical (unpaired) electrons. The largest absolute Gasteiger partial charge is 0.313 e. The van der Waals surface area contributed by atoms with Crippen molar-refractivity contribution in [1.82, 2.24) is 5.32 Å². The molecule has 0 bridgehead atoms. The summed E-state index contributed by atoms with van der Waals surface area (Å²) in [6, 6.07) is 0.869. The summed E-state index contributed by atoms with van der Waals surface area (Å²) in [6.07, 6.45) is 10.4. The van der Waals surface area contributed by atoms with E-state index in [1.54, 1.807) is 0 Å². The Balaban J connectivity index is 1.84. The third-order valence-electron chi connectivity index (χ3n) is 3.85. The normalized spacial score (nSPS) is 37.6. The van der Waals surface area contributed by atoms with E-state index in [2.05, 4.69) is 12.2 Å². The summed E-state index contributed by atoms with van der Waals surface area (Å²) in [7, 11) is 0. The Morgan fingerprint density at radius 3 is 2.23 bits per heavy atom. The predicted octanol–water partition coefficient (Wildman–Crippen LogP) is 2.95.